The molecule has 0 aliphatic rings. The maximum absolute atomic E-state index is 12.2. The zero-order valence-corrected chi connectivity index (χ0v) is 14.3. The van der Waals surface area contributed by atoms with E-state index in [1.807, 2.05) is 45.0 Å². The van der Waals surface area contributed by atoms with Gasteiger partial charge in [0.1, 0.15) is 11.4 Å². The number of aliphatic hydroxyl groups is 1. The second kappa shape index (κ2) is 7.63. The monoisotopic (exact) mass is 308 g/mol. The van der Waals surface area contributed by atoms with Crippen molar-refractivity contribution in [3.8, 4) is 5.75 Å². The Balaban J connectivity index is 2.72. The predicted molar refractivity (Wildman–Crippen MR) is 87.0 cm³/mol. The van der Waals surface area contributed by atoms with Crippen molar-refractivity contribution in [1.82, 2.24) is 0 Å². The first-order valence-corrected chi connectivity index (χ1v) is 7.76. The van der Waals surface area contributed by atoms with Crippen molar-refractivity contribution in [3.05, 3.63) is 29.8 Å². The Morgan fingerprint density at radius 3 is 2.41 bits per heavy atom. The molecule has 0 bridgehead atoms. The molecule has 0 heterocycles. The number of rotatable bonds is 7. The quantitative estimate of drug-likeness (QED) is 0.619. The van der Waals surface area contributed by atoms with E-state index >= 15 is 0 Å². The normalized spacial score (nSPS) is 12.1. The summed E-state index contributed by atoms with van der Waals surface area (Å²) in [6.07, 6.45) is 2.59. The number of aliphatic hydroxyl groups excluding tert-OH is 1. The Bertz CT molecular complexity index is 486. The highest BCUT2D eigenvalue weighted by atomic mass is 16.6. The molecule has 1 aromatic rings. The lowest BCUT2D eigenvalue weighted by molar-refractivity contribution is -0.170. The van der Waals surface area contributed by atoms with Gasteiger partial charge in [0.25, 0.3) is 0 Å². The third kappa shape index (κ3) is 6.48. The highest BCUT2D eigenvalue weighted by molar-refractivity contribution is 5.79. The van der Waals surface area contributed by atoms with E-state index in [-0.39, 0.29) is 12.6 Å². The minimum Gasteiger partial charge on any atom is -0.476 e. The molecule has 0 radical (unpaired) electrons. The molecule has 4 nitrogen and oxygen atoms in total. The van der Waals surface area contributed by atoms with Crippen LogP contribution in [0, 0.1) is 0 Å². The van der Waals surface area contributed by atoms with Gasteiger partial charge in [0.2, 0.25) is 0 Å². The van der Waals surface area contributed by atoms with E-state index in [4.69, 9.17) is 14.6 Å². The van der Waals surface area contributed by atoms with Crippen LogP contribution < -0.4 is 4.74 Å². The van der Waals surface area contributed by atoms with Crippen molar-refractivity contribution in [3.63, 3.8) is 0 Å². The van der Waals surface area contributed by atoms with Crippen LogP contribution in [0.25, 0.3) is 0 Å². The number of aryl methyl sites for hydroxylation is 1. The van der Waals surface area contributed by atoms with Crippen molar-refractivity contribution in [2.75, 3.05) is 6.61 Å². The number of esters is 1. The van der Waals surface area contributed by atoms with Gasteiger partial charge in [-0.25, -0.2) is 4.79 Å². The van der Waals surface area contributed by atoms with Crippen LogP contribution in [0.2, 0.25) is 0 Å². The molecule has 0 aliphatic carbocycles. The smallest absolute Gasteiger partial charge is 0.350 e. The molecule has 0 aromatic heterocycles. The van der Waals surface area contributed by atoms with Crippen molar-refractivity contribution >= 4 is 5.97 Å². The third-order valence-electron chi connectivity index (χ3n) is 3.04. The minimum absolute atomic E-state index is 0.210. The first-order chi connectivity index (χ1) is 10.1. The number of ether oxygens (including phenoxy) is 2. The Labute approximate surface area is 133 Å². The average molecular weight is 308 g/mol. The summed E-state index contributed by atoms with van der Waals surface area (Å²) in [4.78, 5) is 12.2. The summed E-state index contributed by atoms with van der Waals surface area (Å²) in [5.41, 5.74) is -0.452. The summed E-state index contributed by atoms with van der Waals surface area (Å²) in [7, 11) is 0. The summed E-state index contributed by atoms with van der Waals surface area (Å²) in [5, 5.41) is 8.83. The summed E-state index contributed by atoms with van der Waals surface area (Å²) in [6, 6.07) is 7.70. The van der Waals surface area contributed by atoms with Gasteiger partial charge < -0.3 is 14.6 Å². The number of carbonyl (C=O) groups is 1. The fourth-order valence-corrected chi connectivity index (χ4v) is 1.94. The Hall–Kier alpha value is -1.55. The van der Waals surface area contributed by atoms with Crippen LogP contribution in [0.5, 0.6) is 5.75 Å². The van der Waals surface area contributed by atoms with E-state index < -0.39 is 11.2 Å². The maximum Gasteiger partial charge on any atom is 0.350 e. The summed E-state index contributed by atoms with van der Waals surface area (Å²) < 4.78 is 11.2. The lowest BCUT2D eigenvalue weighted by Crippen LogP contribution is -2.43. The topological polar surface area (TPSA) is 55.8 Å². The van der Waals surface area contributed by atoms with Gasteiger partial charge in [-0.05, 0) is 71.6 Å². The molecule has 0 amide bonds. The van der Waals surface area contributed by atoms with E-state index in [1.165, 1.54) is 0 Å². The summed E-state index contributed by atoms with van der Waals surface area (Å²) in [6.45, 7) is 9.13. The second-order valence-corrected chi connectivity index (χ2v) is 6.94. The first kappa shape index (κ1) is 18.5. The van der Waals surface area contributed by atoms with Crippen molar-refractivity contribution in [1.29, 1.82) is 0 Å². The van der Waals surface area contributed by atoms with Crippen molar-refractivity contribution in [2.45, 2.75) is 65.1 Å². The van der Waals surface area contributed by atoms with Crippen LogP contribution in [-0.2, 0) is 16.0 Å². The van der Waals surface area contributed by atoms with E-state index in [0.717, 1.165) is 24.8 Å². The van der Waals surface area contributed by atoms with Gasteiger partial charge in [-0.15, -0.1) is 0 Å². The van der Waals surface area contributed by atoms with E-state index in [0.29, 0.717) is 5.75 Å². The van der Waals surface area contributed by atoms with Gasteiger partial charge in [-0.2, -0.15) is 0 Å². The van der Waals surface area contributed by atoms with Gasteiger partial charge >= 0.3 is 5.97 Å². The van der Waals surface area contributed by atoms with E-state index in [9.17, 15) is 4.79 Å². The van der Waals surface area contributed by atoms with E-state index in [2.05, 4.69) is 0 Å². The molecule has 0 saturated heterocycles. The summed E-state index contributed by atoms with van der Waals surface area (Å²) in [5.74, 6) is 0.267. The molecule has 1 aromatic carbocycles. The van der Waals surface area contributed by atoms with Crippen LogP contribution in [0.4, 0.5) is 0 Å². The Morgan fingerprint density at radius 1 is 1.14 bits per heavy atom. The zero-order chi connectivity index (χ0) is 16.8. The largest absolute Gasteiger partial charge is 0.476 e. The molecule has 22 heavy (non-hydrogen) atoms. The standard InChI is InChI=1S/C18H28O4/c1-17(2,3)22-16(20)18(4,5)21-15-11-8-10-14(13-15)9-6-7-12-19/h8,10-11,13,19H,6-7,9,12H2,1-5H3. The molecule has 0 saturated carbocycles. The van der Waals surface area contributed by atoms with Crippen molar-refractivity contribution in [2.24, 2.45) is 0 Å². The van der Waals surface area contributed by atoms with Crippen LogP contribution in [-0.4, -0.2) is 28.9 Å². The molecular weight excluding hydrogens is 280 g/mol. The molecular formula is C18H28O4. The number of unbranched alkanes of at least 4 members (excludes halogenated alkanes) is 1. The SMILES string of the molecule is CC(C)(C)OC(=O)C(C)(C)Oc1cccc(CCCCO)c1. The first-order valence-electron chi connectivity index (χ1n) is 7.76. The molecule has 0 atom stereocenters. The molecule has 0 fully saturated rings. The molecule has 0 unspecified atom stereocenters. The summed E-state index contributed by atoms with van der Waals surface area (Å²) >= 11 is 0. The molecule has 0 aliphatic heterocycles. The molecule has 124 valence electrons. The van der Waals surface area contributed by atoms with Gasteiger partial charge in [-0.1, -0.05) is 12.1 Å². The predicted octanol–water partition coefficient (Wildman–Crippen LogP) is 3.50. The minimum atomic E-state index is -1.04. The highest BCUT2D eigenvalue weighted by Crippen LogP contribution is 2.23. The van der Waals surface area contributed by atoms with Crippen LogP contribution in [0.1, 0.15) is 53.0 Å². The Morgan fingerprint density at radius 2 is 1.82 bits per heavy atom. The van der Waals surface area contributed by atoms with Crippen LogP contribution >= 0.6 is 0 Å². The van der Waals surface area contributed by atoms with Crippen LogP contribution in [0.3, 0.4) is 0 Å². The van der Waals surface area contributed by atoms with Gasteiger partial charge in [0.05, 0.1) is 0 Å². The molecule has 1 N–H and O–H groups in total. The highest BCUT2D eigenvalue weighted by Gasteiger charge is 2.34. The number of hydrogen-bond acceptors (Lipinski definition) is 4. The Kier molecular flexibility index (Phi) is 6.42. The molecule has 1 rings (SSSR count). The lowest BCUT2D eigenvalue weighted by atomic mass is 10.1. The fourth-order valence-electron chi connectivity index (χ4n) is 1.94. The van der Waals surface area contributed by atoms with Gasteiger partial charge in [0, 0.05) is 6.61 Å². The van der Waals surface area contributed by atoms with Gasteiger partial charge in [-0.3, -0.25) is 0 Å². The molecule has 0 spiro atoms. The van der Waals surface area contributed by atoms with Crippen LogP contribution in [0.15, 0.2) is 24.3 Å². The number of benzene rings is 1. The zero-order valence-electron chi connectivity index (χ0n) is 14.3. The van der Waals surface area contributed by atoms with E-state index in [1.54, 1.807) is 13.8 Å². The third-order valence-corrected chi connectivity index (χ3v) is 3.04. The number of hydrogen-bond donors (Lipinski definition) is 1. The lowest BCUT2D eigenvalue weighted by Gasteiger charge is -2.29. The van der Waals surface area contributed by atoms with Gasteiger partial charge in [0.15, 0.2) is 5.60 Å². The number of carbonyl (C=O) groups excluding carboxylic acids is 1. The molecule has 4 heteroatoms. The maximum atomic E-state index is 12.2. The second-order valence-electron chi connectivity index (χ2n) is 6.94. The fraction of sp³-hybridized carbons (Fsp3) is 0.611. The average Bonchev–Trinajstić information content (AvgIpc) is 2.37. The van der Waals surface area contributed by atoms with Crippen molar-refractivity contribution < 1.29 is 19.4 Å².